The fourth-order valence-electron chi connectivity index (χ4n) is 4.31. The maximum Gasteiger partial charge on any atom is 0.257 e. The third-order valence-corrected chi connectivity index (χ3v) is 5.82. The van der Waals surface area contributed by atoms with Gasteiger partial charge in [-0.1, -0.05) is 6.92 Å². The molecule has 0 N–H and O–H groups in total. The Labute approximate surface area is 166 Å². The van der Waals surface area contributed by atoms with Crippen molar-refractivity contribution in [1.82, 2.24) is 14.9 Å². The fourth-order valence-corrected chi connectivity index (χ4v) is 4.31. The molecule has 2 aromatic heterocycles. The Morgan fingerprint density at radius 1 is 1.21 bits per heavy atom. The molecule has 2 aromatic rings. The summed E-state index contributed by atoms with van der Waals surface area (Å²) in [6.45, 7) is 9.87. The van der Waals surface area contributed by atoms with Crippen LogP contribution in [0.15, 0.2) is 24.3 Å². The van der Waals surface area contributed by atoms with E-state index in [2.05, 4.69) is 41.9 Å². The van der Waals surface area contributed by atoms with Crippen LogP contribution >= 0.6 is 0 Å². The molecule has 0 bridgehead atoms. The highest BCUT2D eigenvalue weighted by molar-refractivity contribution is 5.36. The van der Waals surface area contributed by atoms with Crippen LogP contribution in [0.5, 0.6) is 17.5 Å². The molecule has 0 saturated carbocycles. The van der Waals surface area contributed by atoms with Gasteiger partial charge >= 0.3 is 0 Å². The zero-order valence-corrected chi connectivity index (χ0v) is 17.2. The van der Waals surface area contributed by atoms with Crippen molar-refractivity contribution in [2.45, 2.75) is 39.7 Å². The van der Waals surface area contributed by atoms with Crippen molar-refractivity contribution in [3.63, 3.8) is 0 Å². The predicted octanol–water partition coefficient (Wildman–Crippen LogP) is 3.58. The Bertz CT molecular complexity index is 857. The van der Waals surface area contributed by atoms with Gasteiger partial charge in [-0.25, -0.2) is 9.97 Å². The van der Waals surface area contributed by atoms with Crippen molar-refractivity contribution < 1.29 is 14.2 Å². The maximum absolute atomic E-state index is 5.66. The van der Waals surface area contributed by atoms with Gasteiger partial charge in [0.1, 0.15) is 13.2 Å². The highest BCUT2D eigenvalue weighted by Gasteiger charge is 2.36. The Morgan fingerprint density at radius 3 is 2.86 bits per heavy atom. The molecule has 0 aliphatic carbocycles. The molecule has 150 valence electrons. The molecule has 1 fully saturated rings. The number of ether oxygens (including phenoxy) is 3. The minimum Gasteiger partial charge on any atom is -0.484 e. The molecule has 6 nitrogen and oxygen atoms in total. The van der Waals surface area contributed by atoms with Gasteiger partial charge in [0.05, 0.1) is 12.8 Å². The second-order valence-corrected chi connectivity index (χ2v) is 8.28. The molecular formula is C22H29N3O3. The number of methoxy groups -OCH3 is 1. The summed E-state index contributed by atoms with van der Waals surface area (Å²) in [4.78, 5) is 11.6. The van der Waals surface area contributed by atoms with Crippen LogP contribution in [0.4, 0.5) is 0 Å². The van der Waals surface area contributed by atoms with Crippen molar-refractivity contribution in [1.29, 1.82) is 0 Å². The molecule has 2 aliphatic heterocycles. The third-order valence-electron chi connectivity index (χ3n) is 5.82. The number of likely N-dealkylation sites (tertiary alicyclic amines) is 1. The molecule has 0 amide bonds. The second kappa shape index (κ2) is 7.59. The molecule has 4 rings (SSSR count). The first-order chi connectivity index (χ1) is 13.5. The molecule has 0 spiro atoms. The minimum atomic E-state index is 0.223. The van der Waals surface area contributed by atoms with Crippen LogP contribution in [0.1, 0.15) is 43.3 Å². The van der Waals surface area contributed by atoms with Crippen molar-refractivity contribution in [2.24, 2.45) is 5.41 Å². The molecule has 28 heavy (non-hydrogen) atoms. The van der Waals surface area contributed by atoms with Gasteiger partial charge in [0, 0.05) is 24.3 Å². The monoisotopic (exact) mass is 383 g/mol. The summed E-state index contributed by atoms with van der Waals surface area (Å²) < 4.78 is 16.6. The van der Waals surface area contributed by atoms with E-state index in [9.17, 15) is 0 Å². The highest BCUT2D eigenvalue weighted by Crippen LogP contribution is 2.39. The van der Waals surface area contributed by atoms with Crippen molar-refractivity contribution in [3.8, 4) is 17.5 Å². The number of nitrogens with zero attached hydrogens (tertiary/aromatic N) is 3. The minimum absolute atomic E-state index is 0.223. The summed E-state index contributed by atoms with van der Waals surface area (Å²) in [6, 6.07) is 8.51. The standard InChI is InChI=1S/C22H29N3O3/c1-15-11-17(12-20(23-15)26-4)13-22(3)7-8-25(14-22)16(2)18-5-6-19-21(24-18)28-10-9-27-19/h5-6,11-12,16H,7-10,13-14H2,1-4H3/t16-,22-/m1/s1. The SMILES string of the molecule is COc1cc(C[C@@]2(C)CCN([C@H](C)c3ccc4c(n3)OCCO4)C2)cc(C)n1. The van der Waals surface area contributed by atoms with Crippen LogP contribution in [0.2, 0.25) is 0 Å². The molecule has 2 aliphatic rings. The van der Waals surface area contributed by atoms with E-state index in [4.69, 9.17) is 19.2 Å². The zero-order chi connectivity index (χ0) is 19.7. The van der Waals surface area contributed by atoms with Crippen LogP contribution in [0.3, 0.4) is 0 Å². The lowest BCUT2D eigenvalue weighted by Gasteiger charge is -2.29. The smallest absolute Gasteiger partial charge is 0.257 e. The van der Waals surface area contributed by atoms with Gasteiger partial charge in [-0.15, -0.1) is 0 Å². The largest absolute Gasteiger partial charge is 0.484 e. The first-order valence-electron chi connectivity index (χ1n) is 9.98. The second-order valence-electron chi connectivity index (χ2n) is 8.28. The molecular weight excluding hydrogens is 354 g/mol. The van der Waals surface area contributed by atoms with E-state index in [0.29, 0.717) is 25.0 Å². The molecule has 6 heteroatoms. The Morgan fingerprint density at radius 2 is 2.04 bits per heavy atom. The van der Waals surface area contributed by atoms with Gasteiger partial charge in [0.2, 0.25) is 5.88 Å². The summed E-state index contributed by atoms with van der Waals surface area (Å²) >= 11 is 0. The van der Waals surface area contributed by atoms with E-state index in [0.717, 1.165) is 43.1 Å². The first-order valence-corrected chi connectivity index (χ1v) is 9.98. The van der Waals surface area contributed by atoms with Crippen molar-refractivity contribution >= 4 is 0 Å². The summed E-state index contributed by atoms with van der Waals surface area (Å²) in [5.74, 6) is 2.06. The first kappa shape index (κ1) is 19.0. The van der Waals surface area contributed by atoms with E-state index < -0.39 is 0 Å². The average Bonchev–Trinajstić information content (AvgIpc) is 3.08. The van der Waals surface area contributed by atoms with Gasteiger partial charge in [0.15, 0.2) is 5.75 Å². The van der Waals surface area contributed by atoms with Gasteiger partial charge < -0.3 is 14.2 Å². The molecule has 0 aromatic carbocycles. The van der Waals surface area contributed by atoms with E-state index >= 15 is 0 Å². The molecule has 0 unspecified atom stereocenters. The Hall–Kier alpha value is -2.34. The van der Waals surface area contributed by atoms with Crippen LogP contribution in [0.25, 0.3) is 0 Å². The Balaban J connectivity index is 1.46. The number of pyridine rings is 2. The number of hydrogen-bond acceptors (Lipinski definition) is 6. The molecule has 4 heterocycles. The summed E-state index contributed by atoms with van der Waals surface area (Å²) in [5.41, 5.74) is 3.55. The summed E-state index contributed by atoms with van der Waals surface area (Å²) in [7, 11) is 1.67. The lowest BCUT2D eigenvalue weighted by molar-refractivity contribution is 0.161. The molecule has 0 radical (unpaired) electrons. The average molecular weight is 383 g/mol. The lowest BCUT2D eigenvalue weighted by atomic mass is 9.83. The van der Waals surface area contributed by atoms with E-state index in [1.807, 2.05) is 13.0 Å². The summed E-state index contributed by atoms with van der Waals surface area (Å²) in [5, 5.41) is 0. The summed E-state index contributed by atoms with van der Waals surface area (Å²) in [6.07, 6.45) is 2.18. The van der Waals surface area contributed by atoms with E-state index in [1.54, 1.807) is 7.11 Å². The Kier molecular flexibility index (Phi) is 5.15. The number of fused-ring (bicyclic) bond motifs is 1. The molecule has 2 atom stereocenters. The van der Waals surface area contributed by atoms with E-state index in [-0.39, 0.29) is 11.5 Å². The van der Waals surface area contributed by atoms with Gasteiger partial charge in [-0.2, -0.15) is 0 Å². The molecule has 1 saturated heterocycles. The fraction of sp³-hybridized carbons (Fsp3) is 0.545. The van der Waals surface area contributed by atoms with Gasteiger partial charge in [-0.3, -0.25) is 4.90 Å². The van der Waals surface area contributed by atoms with Gasteiger partial charge in [0.25, 0.3) is 5.88 Å². The van der Waals surface area contributed by atoms with Crippen molar-refractivity contribution in [2.75, 3.05) is 33.4 Å². The number of aromatic nitrogens is 2. The third kappa shape index (κ3) is 3.92. The zero-order valence-electron chi connectivity index (χ0n) is 17.2. The van der Waals surface area contributed by atoms with Gasteiger partial charge in [-0.05, 0) is 62.4 Å². The topological polar surface area (TPSA) is 56.7 Å². The van der Waals surface area contributed by atoms with Crippen LogP contribution in [-0.2, 0) is 6.42 Å². The van der Waals surface area contributed by atoms with Crippen LogP contribution in [-0.4, -0.2) is 48.3 Å². The number of aryl methyl sites for hydroxylation is 1. The van der Waals surface area contributed by atoms with Crippen LogP contribution < -0.4 is 14.2 Å². The quantitative estimate of drug-likeness (QED) is 0.787. The maximum atomic E-state index is 5.66. The lowest BCUT2D eigenvalue weighted by Crippen LogP contribution is -2.29. The van der Waals surface area contributed by atoms with Crippen molar-refractivity contribution in [3.05, 3.63) is 41.2 Å². The normalized spacial score (nSPS) is 22.9. The van der Waals surface area contributed by atoms with Crippen LogP contribution in [0, 0.1) is 12.3 Å². The van der Waals surface area contributed by atoms with E-state index in [1.165, 1.54) is 5.56 Å². The highest BCUT2D eigenvalue weighted by atomic mass is 16.6. The number of rotatable bonds is 5. The predicted molar refractivity (Wildman–Crippen MR) is 107 cm³/mol. The number of hydrogen-bond donors (Lipinski definition) is 0.